The molecule has 1 amide bonds. The maximum atomic E-state index is 13.1. The van der Waals surface area contributed by atoms with Gasteiger partial charge in [0.25, 0.3) is 0 Å². The molecule has 4 rings (SSSR count). The molecule has 31 heavy (non-hydrogen) atoms. The van der Waals surface area contributed by atoms with Crippen LogP contribution in [0.2, 0.25) is 0 Å². The third-order valence-corrected chi connectivity index (χ3v) is 6.61. The first-order valence-electron chi connectivity index (χ1n) is 11.4. The van der Waals surface area contributed by atoms with Crippen molar-refractivity contribution in [3.8, 4) is 5.75 Å². The van der Waals surface area contributed by atoms with Crippen molar-refractivity contribution >= 4 is 5.91 Å². The number of ether oxygens (including phenoxy) is 1. The number of imidazole rings is 1. The molecule has 0 saturated carbocycles. The third-order valence-electron chi connectivity index (χ3n) is 6.61. The van der Waals surface area contributed by atoms with Crippen LogP contribution in [0.25, 0.3) is 0 Å². The Bertz CT molecular complexity index is 844. The molecule has 2 atom stereocenters. The molecular formula is C24H35N5O2. The second-order valence-corrected chi connectivity index (χ2v) is 9.02. The van der Waals surface area contributed by atoms with Crippen LogP contribution in [0.5, 0.6) is 5.75 Å². The van der Waals surface area contributed by atoms with Gasteiger partial charge in [-0.05, 0) is 56.0 Å². The number of likely N-dealkylation sites (tertiary alicyclic amines) is 2. The molecule has 7 nitrogen and oxygen atoms in total. The summed E-state index contributed by atoms with van der Waals surface area (Å²) in [4.78, 5) is 22.6. The van der Waals surface area contributed by atoms with Crippen molar-refractivity contribution in [2.45, 2.75) is 32.4 Å². The number of methoxy groups -OCH3 is 1. The second kappa shape index (κ2) is 10.3. The molecule has 1 aromatic heterocycles. The molecular weight excluding hydrogens is 390 g/mol. The molecule has 0 bridgehead atoms. The number of benzene rings is 1. The minimum Gasteiger partial charge on any atom is -0.497 e. The molecule has 2 fully saturated rings. The maximum Gasteiger partial charge on any atom is 0.224 e. The number of hydrogen-bond donors (Lipinski definition) is 1. The second-order valence-electron chi connectivity index (χ2n) is 9.02. The number of piperidine rings is 1. The van der Waals surface area contributed by atoms with Crippen LogP contribution >= 0.6 is 0 Å². The van der Waals surface area contributed by atoms with Gasteiger partial charge in [0.1, 0.15) is 11.6 Å². The van der Waals surface area contributed by atoms with Crippen LogP contribution in [0.3, 0.4) is 0 Å². The van der Waals surface area contributed by atoms with Crippen molar-refractivity contribution in [2.75, 3.05) is 39.8 Å². The minimum absolute atomic E-state index is 0.0138. The number of carbonyl (C=O) groups is 1. The molecule has 2 aliphatic heterocycles. The summed E-state index contributed by atoms with van der Waals surface area (Å²) in [5.74, 6) is 2.58. The van der Waals surface area contributed by atoms with E-state index in [9.17, 15) is 4.79 Å². The van der Waals surface area contributed by atoms with Gasteiger partial charge < -0.3 is 19.5 Å². The molecule has 2 saturated heterocycles. The number of carbonyl (C=O) groups excluding carboxylic acids is 1. The number of nitrogens with one attached hydrogen (secondary N) is 1. The van der Waals surface area contributed by atoms with Crippen LogP contribution in [0.15, 0.2) is 36.7 Å². The van der Waals surface area contributed by atoms with Crippen molar-refractivity contribution in [2.24, 2.45) is 18.9 Å². The topological polar surface area (TPSA) is 62.6 Å². The number of hydrogen-bond acceptors (Lipinski definition) is 5. The maximum absolute atomic E-state index is 13.1. The summed E-state index contributed by atoms with van der Waals surface area (Å²) in [7, 11) is 3.70. The summed E-state index contributed by atoms with van der Waals surface area (Å²) in [6.07, 6.45) is 7.40. The van der Waals surface area contributed by atoms with E-state index in [4.69, 9.17) is 4.74 Å². The van der Waals surface area contributed by atoms with E-state index in [1.54, 1.807) is 7.11 Å². The summed E-state index contributed by atoms with van der Waals surface area (Å²) in [5.41, 5.74) is 1.09. The minimum atomic E-state index is 0.0138. The van der Waals surface area contributed by atoms with Crippen LogP contribution < -0.4 is 10.1 Å². The van der Waals surface area contributed by atoms with Gasteiger partial charge in [-0.1, -0.05) is 12.1 Å². The van der Waals surface area contributed by atoms with E-state index in [0.717, 1.165) is 49.7 Å². The standard InChI is InChI=1S/C24H35N5O2/c1-27-12-9-25-23(27)18-29-16-20(15-28-10-3-4-11-28)13-21(17-29)24(30)26-14-19-5-7-22(31-2)8-6-19/h5-9,12,20-21H,3-4,10-11,13-18H2,1-2H3,(H,26,30)/t20-,21-/m1/s1. The first-order chi connectivity index (χ1) is 15.1. The molecule has 0 radical (unpaired) electrons. The van der Waals surface area contributed by atoms with E-state index >= 15 is 0 Å². The lowest BCUT2D eigenvalue weighted by Crippen LogP contribution is -2.48. The summed E-state index contributed by atoms with van der Waals surface area (Å²) in [6.45, 7) is 6.66. The molecule has 0 aliphatic carbocycles. The quantitative estimate of drug-likeness (QED) is 0.703. The molecule has 168 valence electrons. The van der Waals surface area contributed by atoms with Gasteiger partial charge in [-0.3, -0.25) is 9.69 Å². The number of amides is 1. The zero-order valence-electron chi connectivity index (χ0n) is 18.8. The SMILES string of the molecule is COc1ccc(CNC(=O)[C@@H]2C[C@H](CN3CCCC3)CN(Cc3nccn3C)C2)cc1. The number of aromatic nitrogens is 2. The van der Waals surface area contributed by atoms with Gasteiger partial charge in [0.2, 0.25) is 5.91 Å². The highest BCUT2D eigenvalue weighted by Crippen LogP contribution is 2.26. The predicted octanol–water partition coefficient (Wildman–Crippen LogP) is 2.28. The first-order valence-corrected chi connectivity index (χ1v) is 11.4. The largest absolute Gasteiger partial charge is 0.497 e. The number of rotatable bonds is 8. The van der Waals surface area contributed by atoms with Gasteiger partial charge in [0.05, 0.1) is 19.6 Å². The van der Waals surface area contributed by atoms with Crippen LogP contribution in [0, 0.1) is 11.8 Å². The summed E-state index contributed by atoms with van der Waals surface area (Å²) in [6, 6.07) is 7.87. The fourth-order valence-corrected chi connectivity index (χ4v) is 4.91. The zero-order chi connectivity index (χ0) is 21.6. The van der Waals surface area contributed by atoms with E-state index in [0.29, 0.717) is 12.5 Å². The average Bonchev–Trinajstić information content (AvgIpc) is 3.44. The van der Waals surface area contributed by atoms with E-state index in [-0.39, 0.29) is 11.8 Å². The lowest BCUT2D eigenvalue weighted by Gasteiger charge is -2.38. The molecule has 3 heterocycles. The van der Waals surface area contributed by atoms with E-state index < -0.39 is 0 Å². The van der Waals surface area contributed by atoms with Gasteiger partial charge in [0, 0.05) is 45.6 Å². The Morgan fingerprint density at radius 3 is 2.61 bits per heavy atom. The van der Waals surface area contributed by atoms with Crippen LogP contribution in [0.4, 0.5) is 0 Å². The molecule has 2 aromatic rings. The van der Waals surface area contributed by atoms with E-state index in [1.807, 2.05) is 43.7 Å². The Kier molecular flexibility index (Phi) is 7.25. The van der Waals surface area contributed by atoms with Crippen molar-refractivity contribution in [3.63, 3.8) is 0 Å². The number of aryl methyl sites for hydroxylation is 1. The highest BCUT2D eigenvalue weighted by Gasteiger charge is 2.33. The van der Waals surface area contributed by atoms with Crippen molar-refractivity contribution < 1.29 is 9.53 Å². The Balaban J connectivity index is 1.38. The van der Waals surface area contributed by atoms with Gasteiger partial charge in [-0.25, -0.2) is 4.98 Å². The van der Waals surface area contributed by atoms with Crippen LogP contribution in [-0.2, 0) is 24.9 Å². The molecule has 0 spiro atoms. The molecule has 0 unspecified atom stereocenters. The van der Waals surface area contributed by atoms with E-state index in [2.05, 4.69) is 24.7 Å². The fourth-order valence-electron chi connectivity index (χ4n) is 4.91. The first kappa shape index (κ1) is 21.8. The molecule has 2 aliphatic rings. The predicted molar refractivity (Wildman–Crippen MR) is 121 cm³/mol. The van der Waals surface area contributed by atoms with Gasteiger partial charge >= 0.3 is 0 Å². The lowest BCUT2D eigenvalue weighted by molar-refractivity contribution is -0.128. The Labute approximate surface area is 185 Å². The van der Waals surface area contributed by atoms with Crippen molar-refractivity contribution in [3.05, 3.63) is 48.0 Å². The Morgan fingerprint density at radius 2 is 1.94 bits per heavy atom. The van der Waals surface area contributed by atoms with Crippen LogP contribution in [-0.4, -0.2) is 65.1 Å². The highest BCUT2D eigenvalue weighted by molar-refractivity contribution is 5.79. The summed E-state index contributed by atoms with van der Waals surface area (Å²) < 4.78 is 7.29. The molecule has 1 N–H and O–H groups in total. The zero-order valence-corrected chi connectivity index (χ0v) is 18.8. The molecule has 7 heteroatoms. The summed E-state index contributed by atoms with van der Waals surface area (Å²) >= 11 is 0. The Morgan fingerprint density at radius 1 is 1.16 bits per heavy atom. The van der Waals surface area contributed by atoms with Gasteiger partial charge in [-0.15, -0.1) is 0 Å². The van der Waals surface area contributed by atoms with Gasteiger partial charge in [-0.2, -0.15) is 0 Å². The monoisotopic (exact) mass is 425 g/mol. The lowest BCUT2D eigenvalue weighted by atomic mass is 9.88. The van der Waals surface area contributed by atoms with E-state index in [1.165, 1.54) is 25.9 Å². The number of nitrogens with zero attached hydrogens (tertiary/aromatic N) is 4. The van der Waals surface area contributed by atoms with Crippen molar-refractivity contribution in [1.29, 1.82) is 0 Å². The Hall–Kier alpha value is -2.38. The summed E-state index contributed by atoms with van der Waals surface area (Å²) in [5, 5.41) is 3.17. The van der Waals surface area contributed by atoms with Gasteiger partial charge in [0.15, 0.2) is 0 Å². The molecule has 1 aromatic carbocycles. The highest BCUT2D eigenvalue weighted by atomic mass is 16.5. The average molecular weight is 426 g/mol. The smallest absolute Gasteiger partial charge is 0.224 e. The normalized spacial score (nSPS) is 22.5. The van der Waals surface area contributed by atoms with Crippen LogP contribution in [0.1, 0.15) is 30.7 Å². The van der Waals surface area contributed by atoms with Crippen molar-refractivity contribution in [1.82, 2.24) is 24.7 Å². The fraction of sp³-hybridized carbons (Fsp3) is 0.583. The third kappa shape index (κ3) is 5.86.